The zero-order valence-electron chi connectivity index (χ0n) is 15.5. The molecule has 2 atom stereocenters. The number of hydrogen-bond donors (Lipinski definition) is 1. The second kappa shape index (κ2) is 9.02. The summed E-state index contributed by atoms with van der Waals surface area (Å²) < 4.78 is 24.4. The third-order valence-electron chi connectivity index (χ3n) is 4.10. The molecule has 0 aliphatic carbocycles. The van der Waals surface area contributed by atoms with Crippen molar-refractivity contribution >= 4 is 20.3 Å². The Hall–Kier alpha value is -2.09. The van der Waals surface area contributed by atoms with Crippen LogP contribution in [0.15, 0.2) is 30.3 Å². The predicted molar refractivity (Wildman–Crippen MR) is 99.5 cm³/mol. The SMILES string of the molecule is C[Si](C)(C)CCOC(=O)N[C@@H]1CN(C(=O)OCc2ccccc2)C[C@H]1F. The molecule has 0 saturated carbocycles. The molecule has 1 heterocycles. The molecule has 0 radical (unpaired) electrons. The summed E-state index contributed by atoms with van der Waals surface area (Å²) in [5.41, 5.74) is 0.859. The van der Waals surface area contributed by atoms with Crippen LogP contribution in [0.4, 0.5) is 14.0 Å². The number of alkyl halides is 1. The quantitative estimate of drug-likeness (QED) is 0.766. The van der Waals surface area contributed by atoms with Gasteiger partial charge in [0, 0.05) is 14.6 Å². The van der Waals surface area contributed by atoms with E-state index in [0.717, 1.165) is 11.6 Å². The molecule has 1 aromatic carbocycles. The van der Waals surface area contributed by atoms with Crippen LogP contribution in [0, 0.1) is 0 Å². The number of amides is 2. The standard InChI is InChI=1S/C18H27FN2O4Si/c1-26(2,3)10-9-24-17(22)20-16-12-21(11-15(16)19)18(23)25-13-14-7-5-4-6-8-14/h4-8,15-16H,9-13H2,1-3H3,(H,20,22)/t15-,16-/m1/s1. The maximum atomic E-state index is 14.1. The molecule has 1 fully saturated rings. The Labute approximate surface area is 154 Å². The fraction of sp³-hybridized carbons (Fsp3) is 0.556. The van der Waals surface area contributed by atoms with Crippen LogP contribution in [0.25, 0.3) is 0 Å². The van der Waals surface area contributed by atoms with Crippen LogP contribution in [0.2, 0.25) is 25.7 Å². The van der Waals surface area contributed by atoms with Crippen molar-refractivity contribution < 1.29 is 23.5 Å². The lowest BCUT2D eigenvalue weighted by Crippen LogP contribution is -2.42. The van der Waals surface area contributed by atoms with Crippen LogP contribution < -0.4 is 5.32 Å². The lowest BCUT2D eigenvalue weighted by atomic mass is 10.2. The Morgan fingerprint density at radius 3 is 2.54 bits per heavy atom. The summed E-state index contributed by atoms with van der Waals surface area (Å²) in [5, 5.41) is 2.50. The van der Waals surface area contributed by atoms with E-state index in [0.29, 0.717) is 6.61 Å². The van der Waals surface area contributed by atoms with Gasteiger partial charge in [-0.1, -0.05) is 50.0 Å². The van der Waals surface area contributed by atoms with E-state index in [1.54, 1.807) is 0 Å². The van der Waals surface area contributed by atoms with Gasteiger partial charge in [0.05, 0.1) is 19.2 Å². The second-order valence-electron chi connectivity index (χ2n) is 7.66. The molecule has 1 N–H and O–H groups in total. The Kier molecular flexibility index (Phi) is 7.02. The number of nitrogens with one attached hydrogen (secondary N) is 1. The molecule has 6 nitrogen and oxygen atoms in total. The van der Waals surface area contributed by atoms with Gasteiger partial charge in [-0.15, -0.1) is 0 Å². The summed E-state index contributed by atoms with van der Waals surface area (Å²) in [7, 11) is -1.29. The highest BCUT2D eigenvalue weighted by Crippen LogP contribution is 2.16. The number of alkyl carbamates (subject to hydrolysis) is 1. The Balaban J connectivity index is 1.74. The normalized spacial score (nSPS) is 19.9. The van der Waals surface area contributed by atoms with E-state index >= 15 is 0 Å². The fourth-order valence-electron chi connectivity index (χ4n) is 2.50. The number of benzene rings is 1. The molecule has 144 valence electrons. The Bertz CT molecular complexity index is 609. The van der Waals surface area contributed by atoms with E-state index in [1.165, 1.54) is 4.90 Å². The number of nitrogens with zero attached hydrogens (tertiary/aromatic N) is 1. The summed E-state index contributed by atoms with van der Waals surface area (Å²) in [6, 6.07) is 9.33. The summed E-state index contributed by atoms with van der Waals surface area (Å²) in [4.78, 5) is 25.1. The number of carbonyl (C=O) groups is 2. The zero-order valence-corrected chi connectivity index (χ0v) is 16.5. The van der Waals surface area contributed by atoms with E-state index in [4.69, 9.17) is 9.47 Å². The number of carbonyl (C=O) groups excluding carboxylic acids is 2. The van der Waals surface area contributed by atoms with Crippen LogP contribution in [0.1, 0.15) is 5.56 Å². The highest BCUT2D eigenvalue weighted by molar-refractivity contribution is 6.76. The van der Waals surface area contributed by atoms with Gasteiger partial charge in [0.25, 0.3) is 0 Å². The van der Waals surface area contributed by atoms with Crippen LogP contribution in [-0.2, 0) is 16.1 Å². The summed E-state index contributed by atoms with van der Waals surface area (Å²) >= 11 is 0. The molecular formula is C18H27FN2O4Si. The molecule has 1 aliphatic rings. The first-order valence-corrected chi connectivity index (χ1v) is 12.5. The third kappa shape index (κ3) is 6.66. The van der Waals surface area contributed by atoms with Gasteiger partial charge in [0.15, 0.2) is 0 Å². The van der Waals surface area contributed by atoms with Gasteiger partial charge in [-0.05, 0) is 11.6 Å². The number of rotatable bonds is 6. The highest BCUT2D eigenvalue weighted by atomic mass is 28.3. The minimum Gasteiger partial charge on any atom is -0.450 e. The van der Waals surface area contributed by atoms with E-state index in [9.17, 15) is 14.0 Å². The first-order valence-electron chi connectivity index (χ1n) is 8.77. The smallest absolute Gasteiger partial charge is 0.410 e. The molecule has 8 heteroatoms. The Morgan fingerprint density at radius 2 is 1.88 bits per heavy atom. The lowest BCUT2D eigenvalue weighted by molar-refractivity contribution is 0.101. The van der Waals surface area contributed by atoms with Crippen LogP contribution in [0.3, 0.4) is 0 Å². The molecule has 1 saturated heterocycles. The molecule has 0 unspecified atom stereocenters. The van der Waals surface area contributed by atoms with Crippen molar-refractivity contribution in [1.29, 1.82) is 0 Å². The molecular weight excluding hydrogens is 355 g/mol. The van der Waals surface area contributed by atoms with Gasteiger partial charge in [-0.3, -0.25) is 0 Å². The van der Waals surface area contributed by atoms with Crippen LogP contribution in [0.5, 0.6) is 0 Å². The van der Waals surface area contributed by atoms with Crippen molar-refractivity contribution in [1.82, 2.24) is 10.2 Å². The maximum Gasteiger partial charge on any atom is 0.410 e. The monoisotopic (exact) mass is 382 g/mol. The minimum atomic E-state index is -1.34. The lowest BCUT2D eigenvalue weighted by Gasteiger charge is -2.18. The fourth-order valence-corrected chi connectivity index (χ4v) is 3.22. The van der Waals surface area contributed by atoms with Gasteiger partial charge in [0.2, 0.25) is 0 Å². The average molecular weight is 383 g/mol. The summed E-state index contributed by atoms with van der Waals surface area (Å²) in [6.07, 6.45) is -2.58. The van der Waals surface area contributed by atoms with Crippen LogP contribution in [-0.4, -0.2) is 57.1 Å². The van der Waals surface area contributed by atoms with E-state index < -0.39 is 32.5 Å². The number of halogens is 1. The number of likely N-dealkylation sites (tertiary alicyclic amines) is 1. The predicted octanol–water partition coefficient (Wildman–Crippen LogP) is 3.41. The molecule has 1 aliphatic heterocycles. The Morgan fingerprint density at radius 1 is 1.19 bits per heavy atom. The van der Waals surface area contributed by atoms with E-state index in [-0.39, 0.29) is 19.7 Å². The van der Waals surface area contributed by atoms with Crippen molar-refractivity contribution in [2.75, 3.05) is 19.7 Å². The summed E-state index contributed by atoms with van der Waals surface area (Å²) in [6.45, 7) is 6.97. The summed E-state index contributed by atoms with van der Waals surface area (Å²) in [5.74, 6) is 0. The molecule has 1 aromatic rings. The minimum absolute atomic E-state index is 0.0674. The van der Waals surface area contributed by atoms with Crippen molar-refractivity contribution in [3.8, 4) is 0 Å². The van der Waals surface area contributed by atoms with Crippen molar-refractivity contribution in [2.45, 2.75) is 44.5 Å². The first kappa shape index (κ1) is 20.2. The first-order chi connectivity index (χ1) is 12.2. The van der Waals surface area contributed by atoms with Crippen molar-refractivity contribution in [3.05, 3.63) is 35.9 Å². The van der Waals surface area contributed by atoms with Gasteiger partial charge < -0.3 is 19.7 Å². The van der Waals surface area contributed by atoms with Crippen molar-refractivity contribution in [2.24, 2.45) is 0 Å². The molecule has 2 amide bonds. The van der Waals surface area contributed by atoms with Gasteiger partial charge in [-0.25, -0.2) is 14.0 Å². The highest BCUT2D eigenvalue weighted by Gasteiger charge is 2.37. The zero-order chi connectivity index (χ0) is 19.2. The van der Waals surface area contributed by atoms with Crippen molar-refractivity contribution in [3.63, 3.8) is 0 Å². The van der Waals surface area contributed by atoms with Gasteiger partial charge in [0.1, 0.15) is 12.8 Å². The molecule has 0 aromatic heterocycles. The largest absolute Gasteiger partial charge is 0.450 e. The maximum absolute atomic E-state index is 14.1. The molecule has 26 heavy (non-hydrogen) atoms. The number of hydrogen-bond acceptors (Lipinski definition) is 4. The average Bonchev–Trinajstić information content (AvgIpc) is 2.93. The second-order valence-corrected chi connectivity index (χ2v) is 13.3. The number of ether oxygens (including phenoxy) is 2. The topological polar surface area (TPSA) is 67.9 Å². The molecule has 0 bridgehead atoms. The molecule has 2 rings (SSSR count). The van der Waals surface area contributed by atoms with E-state index in [1.807, 2.05) is 30.3 Å². The van der Waals surface area contributed by atoms with Gasteiger partial charge >= 0.3 is 12.2 Å². The third-order valence-corrected chi connectivity index (χ3v) is 5.80. The van der Waals surface area contributed by atoms with Gasteiger partial charge in [-0.2, -0.15) is 0 Å². The molecule has 0 spiro atoms. The van der Waals surface area contributed by atoms with Crippen LogP contribution >= 0.6 is 0 Å². The van der Waals surface area contributed by atoms with E-state index in [2.05, 4.69) is 25.0 Å².